The summed E-state index contributed by atoms with van der Waals surface area (Å²) in [4.78, 5) is 0. The van der Waals surface area contributed by atoms with Gasteiger partial charge in [0.1, 0.15) is 0 Å². The van der Waals surface area contributed by atoms with Crippen molar-refractivity contribution < 1.29 is 0 Å². The van der Waals surface area contributed by atoms with Crippen LogP contribution in [0, 0.1) is 0 Å². The van der Waals surface area contributed by atoms with Gasteiger partial charge in [-0.25, -0.2) is 0 Å². The van der Waals surface area contributed by atoms with E-state index >= 15 is 0 Å². The van der Waals surface area contributed by atoms with E-state index in [-0.39, 0.29) is 0 Å². The zero-order valence-electron chi connectivity index (χ0n) is 17.0. The quantitative estimate of drug-likeness (QED) is 0.280. The molecule has 0 nitrogen and oxygen atoms in total. The Bertz CT molecular complexity index is 760. The molecule has 0 aliphatic heterocycles. The number of rotatable bonds is 9. The molecule has 0 saturated carbocycles. The number of hydrogen-bond acceptors (Lipinski definition) is 1. The van der Waals surface area contributed by atoms with Crippen molar-refractivity contribution in [3.05, 3.63) is 100.0 Å². The molecule has 144 valence electrons. The molecule has 0 atom stereocenters. The van der Waals surface area contributed by atoms with Gasteiger partial charge in [0.15, 0.2) is 0 Å². The van der Waals surface area contributed by atoms with Crippen molar-refractivity contribution in [2.75, 3.05) is 6.26 Å². The van der Waals surface area contributed by atoms with E-state index in [1.807, 2.05) is 11.8 Å². The Morgan fingerprint density at radius 1 is 0.714 bits per heavy atom. The third-order valence-electron chi connectivity index (χ3n) is 5.35. The standard InChI is InChI=1S/C8H15S.3C6H5.Sn/c1-3-4-5-6-7-8-9-2;3*1-2-4-6-5-3-1;/h7H,3-6H2,1-2H3;3*1-5H;. The monoisotopic (exact) mass is 494 g/mol. The molecule has 0 saturated heterocycles. The van der Waals surface area contributed by atoms with Gasteiger partial charge in [0.2, 0.25) is 0 Å². The Morgan fingerprint density at radius 3 is 1.50 bits per heavy atom. The van der Waals surface area contributed by atoms with Crippen LogP contribution in [0.1, 0.15) is 32.6 Å². The van der Waals surface area contributed by atoms with Crippen LogP contribution in [0.3, 0.4) is 0 Å². The molecule has 0 radical (unpaired) electrons. The van der Waals surface area contributed by atoms with Gasteiger partial charge in [0.05, 0.1) is 0 Å². The van der Waals surface area contributed by atoms with Gasteiger partial charge in [-0.2, -0.15) is 0 Å². The summed E-state index contributed by atoms with van der Waals surface area (Å²) in [6.07, 6.45) is 9.88. The normalized spacial score (nSPS) is 12.1. The molecule has 0 heterocycles. The van der Waals surface area contributed by atoms with E-state index in [0.29, 0.717) is 0 Å². The summed E-state index contributed by atoms with van der Waals surface area (Å²) in [6, 6.07) is 33.9. The van der Waals surface area contributed by atoms with E-state index in [1.54, 1.807) is 2.92 Å². The van der Waals surface area contributed by atoms with Gasteiger partial charge < -0.3 is 0 Å². The fourth-order valence-corrected chi connectivity index (χ4v) is 22.1. The third-order valence-corrected chi connectivity index (χ3v) is 22.7. The first-order valence-corrected chi connectivity index (χ1v) is 17.2. The van der Waals surface area contributed by atoms with Gasteiger partial charge in [-0.15, -0.1) is 0 Å². The Labute approximate surface area is 179 Å². The predicted octanol–water partition coefficient (Wildman–Crippen LogP) is 5.52. The number of allylic oxidation sites excluding steroid dienone is 1. The van der Waals surface area contributed by atoms with Crippen LogP contribution in [0.15, 0.2) is 100.0 Å². The molecule has 0 fully saturated rings. The molecule has 0 bridgehead atoms. The minimum absolute atomic E-state index is 1.18. The first-order chi connectivity index (χ1) is 13.8. The second-order valence-electron chi connectivity index (χ2n) is 7.12. The summed E-state index contributed by atoms with van der Waals surface area (Å²) < 4.78 is 6.22. The van der Waals surface area contributed by atoms with Crippen LogP contribution in [0.2, 0.25) is 0 Å². The van der Waals surface area contributed by atoms with Crippen LogP contribution in [0.4, 0.5) is 0 Å². The molecule has 0 amide bonds. The molecule has 28 heavy (non-hydrogen) atoms. The number of thioether (sulfide) groups is 1. The molecule has 0 unspecified atom stereocenters. The van der Waals surface area contributed by atoms with Crippen molar-refractivity contribution in [3.63, 3.8) is 0 Å². The van der Waals surface area contributed by atoms with Gasteiger partial charge in [-0.3, -0.25) is 0 Å². The summed E-state index contributed by atoms with van der Waals surface area (Å²) in [5.41, 5.74) is 0. The molecular weight excluding hydrogens is 463 g/mol. The second kappa shape index (κ2) is 10.9. The average molecular weight is 493 g/mol. The molecule has 0 aliphatic carbocycles. The van der Waals surface area contributed by atoms with Crippen molar-refractivity contribution in [2.45, 2.75) is 32.6 Å². The van der Waals surface area contributed by atoms with Crippen LogP contribution < -0.4 is 10.7 Å². The van der Waals surface area contributed by atoms with Crippen LogP contribution in [0.5, 0.6) is 0 Å². The molecule has 3 rings (SSSR count). The van der Waals surface area contributed by atoms with Crippen LogP contribution >= 0.6 is 11.8 Å². The molecule has 2 heteroatoms. The maximum atomic E-state index is 2.57. The van der Waals surface area contributed by atoms with E-state index < -0.39 is 18.4 Å². The minimum atomic E-state index is -3.32. The van der Waals surface area contributed by atoms with Gasteiger partial charge >= 0.3 is 180 Å². The van der Waals surface area contributed by atoms with Gasteiger partial charge in [0.25, 0.3) is 0 Å². The Balaban J connectivity index is 2.27. The molecular formula is C26H30SSn. The Morgan fingerprint density at radius 2 is 1.14 bits per heavy atom. The average Bonchev–Trinajstić information content (AvgIpc) is 2.78. The van der Waals surface area contributed by atoms with Crippen LogP contribution in [-0.4, -0.2) is 24.6 Å². The summed E-state index contributed by atoms with van der Waals surface area (Å²) in [6.45, 7) is 2.28. The van der Waals surface area contributed by atoms with Crippen LogP contribution in [-0.2, 0) is 0 Å². The number of unbranched alkanes of at least 4 members (excludes halogenated alkanes) is 3. The van der Waals surface area contributed by atoms with Gasteiger partial charge in [-0.1, -0.05) is 0 Å². The summed E-state index contributed by atoms with van der Waals surface area (Å²) in [5, 5.41) is 0. The van der Waals surface area contributed by atoms with E-state index in [9.17, 15) is 0 Å². The van der Waals surface area contributed by atoms with E-state index in [4.69, 9.17) is 0 Å². The number of hydrogen-bond donors (Lipinski definition) is 0. The fraction of sp³-hybridized carbons (Fsp3) is 0.231. The van der Waals surface area contributed by atoms with Gasteiger partial charge in [-0.05, 0) is 0 Å². The zero-order chi connectivity index (χ0) is 19.7. The maximum absolute atomic E-state index is 3.32. The fourth-order valence-electron chi connectivity index (χ4n) is 4.01. The second-order valence-corrected chi connectivity index (χ2v) is 19.8. The third kappa shape index (κ3) is 4.58. The molecule has 3 aromatic carbocycles. The van der Waals surface area contributed by atoms with Crippen LogP contribution in [0.25, 0.3) is 0 Å². The van der Waals surface area contributed by atoms with Crippen molar-refractivity contribution in [2.24, 2.45) is 0 Å². The first kappa shape index (κ1) is 21.3. The Kier molecular flexibility index (Phi) is 8.29. The summed E-state index contributed by atoms with van der Waals surface area (Å²) in [7, 11) is 0. The SMILES string of the molecule is CCCCC/C=[C](\SC)[Sn]([c]1ccccc1)([c]1ccccc1)[c]1ccccc1. The van der Waals surface area contributed by atoms with Gasteiger partial charge in [0, 0.05) is 0 Å². The number of benzene rings is 3. The Hall–Kier alpha value is -1.45. The van der Waals surface area contributed by atoms with E-state index in [0.717, 1.165) is 0 Å². The zero-order valence-corrected chi connectivity index (χ0v) is 20.6. The molecule has 0 aromatic heterocycles. The van der Waals surface area contributed by atoms with E-state index in [1.165, 1.54) is 36.4 Å². The topological polar surface area (TPSA) is 0 Å². The summed E-state index contributed by atoms with van der Waals surface area (Å²) in [5.74, 6) is 0. The van der Waals surface area contributed by atoms with Crippen molar-refractivity contribution in [3.8, 4) is 0 Å². The first-order valence-electron chi connectivity index (χ1n) is 10.2. The van der Waals surface area contributed by atoms with E-state index in [2.05, 4.69) is 110 Å². The van der Waals surface area contributed by atoms with Crippen molar-refractivity contribution in [1.29, 1.82) is 0 Å². The molecule has 0 spiro atoms. The molecule has 3 aromatic rings. The summed E-state index contributed by atoms with van der Waals surface area (Å²) >= 11 is -1.34. The molecule has 0 N–H and O–H groups in total. The van der Waals surface area contributed by atoms with Crippen molar-refractivity contribution in [1.82, 2.24) is 0 Å². The van der Waals surface area contributed by atoms with Crippen molar-refractivity contribution >= 4 is 40.9 Å². The molecule has 0 aliphatic rings. The predicted molar refractivity (Wildman–Crippen MR) is 130 cm³/mol.